The van der Waals surface area contributed by atoms with E-state index in [4.69, 9.17) is 10.5 Å². The van der Waals surface area contributed by atoms with E-state index in [-0.39, 0.29) is 29.9 Å². The molecule has 0 bridgehead atoms. The van der Waals surface area contributed by atoms with E-state index >= 15 is 0 Å². The van der Waals surface area contributed by atoms with Crippen molar-refractivity contribution in [3.63, 3.8) is 0 Å². The molecule has 1 atom stereocenters. The molecule has 3 aliphatic rings. The number of cyclic esters (lactones) is 1. The number of allylic oxidation sites excluding steroid dienone is 4. The van der Waals surface area contributed by atoms with Gasteiger partial charge in [-0.25, -0.2) is 9.78 Å². The lowest BCUT2D eigenvalue weighted by atomic mass is 9.79. The number of nitrogen functional groups attached to an aromatic ring is 1. The number of nitrogens with zero attached hydrogens (tertiary/aromatic N) is 3. The Morgan fingerprint density at radius 3 is 2.47 bits per heavy atom. The maximum atomic E-state index is 12.9. The van der Waals surface area contributed by atoms with Crippen LogP contribution in [-0.2, 0) is 4.74 Å². The lowest BCUT2D eigenvalue weighted by molar-refractivity contribution is 0.0589. The zero-order valence-electron chi connectivity index (χ0n) is 17.5. The van der Waals surface area contributed by atoms with Crippen LogP contribution in [0.1, 0.15) is 56.6 Å². The quantitative estimate of drug-likeness (QED) is 0.803. The Bertz CT molecular complexity index is 932. The SMILES string of the molecule is CC1(C)OC(=O)N(C2CCC(c3cnc(N)c(C#N)c3)CC2)C1C1C=CC=CC=C1. The van der Waals surface area contributed by atoms with Crippen molar-refractivity contribution in [1.29, 1.82) is 5.26 Å². The third kappa shape index (κ3) is 3.72. The van der Waals surface area contributed by atoms with Gasteiger partial charge in [-0.3, -0.25) is 4.90 Å². The van der Waals surface area contributed by atoms with Crippen LogP contribution < -0.4 is 5.73 Å². The molecule has 2 fully saturated rings. The number of amides is 1. The van der Waals surface area contributed by atoms with Crippen molar-refractivity contribution in [2.75, 3.05) is 5.73 Å². The van der Waals surface area contributed by atoms with Gasteiger partial charge in [-0.2, -0.15) is 5.26 Å². The first kappa shape index (κ1) is 20.2. The number of hydrogen-bond donors (Lipinski definition) is 1. The second-order valence-corrected chi connectivity index (χ2v) is 8.87. The van der Waals surface area contributed by atoms with Crippen molar-refractivity contribution in [2.24, 2.45) is 5.92 Å². The molecule has 1 saturated carbocycles. The fourth-order valence-corrected chi connectivity index (χ4v) is 5.09. The Morgan fingerprint density at radius 1 is 1.17 bits per heavy atom. The van der Waals surface area contributed by atoms with E-state index in [2.05, 4.69) is 23.2 Å². The molecular formula is C24H28N4O2. The molecule has 1 aliphatic heterocycles. The maximum Gasteiger partial charge on any atom is 0.411 e. The minimum absolute atomic E-state index is 0.0395. The molecular weight excluding hydrogens is 376 g/mol. The Hall–Kier alpha value is -3.07. The van der Waals surface area contributed by atoms with Crippen LogP contribution in [0.5, 0.6) is 0 Å². The van der Waals surface area contributed by atoms with Gasteiger partial charge in [0.1, 0.15) is 17.5 Å². The predicted molar refractivity (Wildman–Crippen MR) is 115 cm³/mol. The third-order valence-electron chi connectivity index (χ3n) is 6.56. The van der Waals surface area contributed by atoms with Gasteiger partial charge in [-0.15, -0.1) is 0 Å². The lowest BCUT2D eigenvalue weighted by Crippen LogP contribution is -2.51. The Kier molecular flexibility index (Phi) is 5.38. The van der Waals surface area contributed by atoms with Crippen LogP contribution in [-0.4, -0.2) is 33.7 Å². The molecule has 6 heteroatoms. The second-order valence-electron chi connectivity index (χ2n) is 8.87. The number of nitriles is 1. The molecule has 1 saturated heterocycles. The summed E-state index contributed by atoms with van der Waals surface area (Å²) < 4.78 is 5.82. The number of ether oxygens (including phenoxy) is 1. The van der Waals surface area contributed by atoms with Crippen LogP contribution in [0, 0.1) is 17.2 Å². The summed E-state index contributed by atoms with van der Waals surface area (Å²) in [7, 11) is 0. The van der Waals surface area contributed by atoms with Crippen molar-refractivity contribution in [3.05, 3.63) is 59.8 Å². The minimum atomic E-state index is -0.555. The van der Waals surface area contributed by atoms with Gasteiger partial charge in [0.05, 0.1) is 11.6 Å². The van der Waals surface area contributed by atoms with E-state index in [9.17, 15) is 10.1 Å². The Labute approximate surface area is 177 Å². The van der Waals surface area contributed by atoms with E-state index in [1.807, 2.05) is 49.1 Å². The van der Waals surface area contributed by atoms with E-state index < -0.39 is 5.60 Å². The molecule has 1 unspecified atom stereocenters. The summed E-state index contributed by atoms with van der Waals surface area (Å²) in [6, 6.07) is 4.08. The van der Waals surface area contributed by atoms with E-state index in [1.165, 1.54) is 0 Å². The molecule has 1 aromatic heterocycles. The molecule has 156 valence electrons. The third-order valence-corrected chi connectivity index (χ3v) is 6.56. The fraction of sp³-hybridized carbons (Fsp3) is 0.458. The summed E-state index contributed by atoms with van der Waals surface area (Å²) in [6.45, 7) is 4.01. The van der Waals surface area contributed by atoms with Gasteiger partial charge in [-0.1, -0.05) is 36.5 Å². The molecule has 0 aromatic carbocycles. The average molecular weight is 405 g/mol. The summed E-state index contributed by atoms with van der Waals surface area (Å²) in [4.78, 5) is 19.1. The number of carbonyl (C=O) groups is 1. The van der Waals surface area contributed by atoms with Gasteiger partial charge in [0, 0.05) is 18.2 Å². The van der Waals surface area contributed by atoms with Crippen LogP contribution >= 0.6 is 0 Å². The van der Waals surface area contributed by atoms with E-state index in [0.717, 1.165) is 31.2 Å². The van der Waals surface area contributed by atoms with E-state index in [1.54, 1.807) is 6.20 Å². The zero-order valence-corrected chi connectivity index (χ0v) is 17.5. The van der Waals surface area contributed by atoms with Gasteiger partial charge in [0.2, 0.25) is 0 Å². The smallest absolute Gasteiger partial charge is 0.411 e. The fourth-order valence-electron chi connectivity index (χ4n) is 5.09. The number of hydrogen-bond acceptors (Lipinski definition) is 5. The summed E-state index contributed by atoms with van der Waals surface area (Å²) in [5.74, 6) is 0.714. The topological polar surface area (TPSA) is 92.2 Å². The summed E-state index contributed by atoms with van der Waals surface area (Å²) >= 11 is 0. The van der Waals surface area contributed by atoms with Crippen molar-refractivity contribution < 1.29 is 9.53 Å². The largest absolute Gasteiger partial charge is 0.441 e. The molecule has 6 nitrogen and oxygen atoms in total. The number of nitrogens with two attached hydrogens (primary N) is 1. The van der Waals surface area contributed by atoms with Crippen LogP contribution in [0.4, 0.5) is 10.6 Å². The van der Waals surface area contributed by atoms with Crippen molar-refractivity contribution in [3.8, 4) is 6.07 Å². The summed E-state index contributed by atoms with van der Waals surface area (Å²) in [6.07, 6.45) is 17.6. The maximum absolute atomic E-state index is 12.9. The van der Waals surface area contributed by atoms with Gasteiger partial charge >= 0.3 is 6.09 Å². The molecule has 2 heterocycles. The number of aromatic nitrogens is 1. The molecule has 2 aliphatic carbocycles. The highest BCUT2D eigenvalue weighted by atomic mass is 16.6. The number of anilines is 1. The Balaban J connectivity index is 1.51. The highest BCUT2D eigenvalue weighted by molar-refractivity contribution is 5.72. The van der Waals surface area contributed by atoms with Crippen LogP contribution in [0.2, 0.25) is 0 Å². The molecule has 1 amide bonds. The molecule has 0 spiro atoms. The highest BCUT2D eigenvalue weighted by Gasteiger charge is 2.52. The first-order valence-electron chi connectivity index (χ1n) is 10.6. The summed E-state index contributed by atoms with van der Waals surface area (Å²) in [5, 5.41) is 9.23. The first-order chi connectivity index (χ1) is 14.4. The molecule has 4 rings (SSSR count). The summed E-state index contributed by atoms with van der Waals surface area (Å²) in [5.41, 5.74) is 6.70. The van der Waals surface area contributed by atoms with E-state index in [0.29, 0.717) is 11.5 Å². The number of rotatable bonds is 3. The standard InChI is InChI=1S/C24H28N4O2/c1-24(2)21(17-7-5-3-4-6-8-17)28(23(29)30-24)20-11-9-16(10-12-20)19-13-18(14-25)22(26)27-15-19/h3-8,13,15-17,20-21H,9-12H2,1-2H3,(H2,26,27). The molecule has 1 aromatic rings. The van der Waals surface area contributed by atoms with Gasteiger partial charge in [0.25, 0.3) is 0 Å². The number of pyridine rings is 1. The Morgan fingerprint density at radius 2 is 1.83 bits per heavy atom. The van der Waals surface area contributed by atoms with Gasteiger partial charge in [0.15, 0.2) is 0 Å². The minimum Gasteiger partial charge on any atom is -0.441 e. The molecule has 2 N–H and O–H groups in total. The first-order valence-corrected chi connectivity index (χ1v) is 10.6. The van der Waals surface area contributed by atoms with Gasteiger partial charge < -0.3 is 10.5 Å². The highest BCUT2D eigenvalue weighted by Crippen LogP contribution is 2.42. The van der Waals surface area contributed by atoms with Crippen molar-refractivity contribution in [1.82, 2.24) is 9.88 Å². The second kappa shape index (κ2) is 7.98. The monoisotopic (exact) mass is 404 g/mol. The molecule has 30 heavy (non-hydrogen) atoms. The van der Waals surface area contributed by atoms with Crippen LogP contribution in [0.3, 0.4) is 0 Å². The van der Waals surface area contributed by atoms with Crippen LogP contribution in [0.25, 0.3) is 0 Å². The molecule has 0 radical (unpaired) electrons. The zero-order chi connectivity index (χ0) is 21.3. The average Bonchev–Trinajstić information content (AvgIpc) is 2.89. The van der Waals surface area contributed by atoms with Crippen molar-refractivity contribution >= 4 is 11.9 Å². The normalized spacial score (nSPS) is 28.2. The predicted octanol–water partition coefficient (Wildman–Crippen LogP) is 4.46. The number of carbonyl (C=O) groups excluding carboxylic acids is 1. The lowest BCUT2D eigenvalue weighted by Gasteiger charge is -2.40. The van der Waals surface area contributed by atoms with Gasteiger partial charge in [-0.05, 0) is 57.1 Å². The van der Waals surface area contributed by atoms with Crippen molar-refractivity contribution in [2.45, 2.75) is 63.1 Å². The van der Waals surface area contributed by atoms with Crippen LogP contribution in [0.15, 0.2) is 48.7 Å².